The Morgan fingerprint density at radius 2 is 1.62 bits per heavy atom. The second-order valence-electron chi connectivity index (χ2n) is 7.30. The summed E-state index contributed by atoms with van der Waals surface area (Å²) in [5.41, 5.74) is 8.11. The monoisotopic (exact) mass is 409 g/mol. The molecule has 3 nitrogen and oxygen atoms in total. The summed E-state index contributed by atoms with van der Waals surface area (Å²) in [6.45, 7) is 7.83. The first-order chi connectivity index (χ1) is 13.5. The van der Waals surface area contributed by atoms with Gasteiger partial charge in [0.15, 0.2) is 0 Å². The molecule has 0 spiro atoms. The van der Waals surface area contributed by atoms with Crippen LogP contribution in [-0.2, 0) is 13.1 Å². The van der Waals surface area contributed by atoms with Crippen LogP contribution in [0, 0.1) is 26.6 Å². The van der Waals surface area contributed by atoms with Crippen LogP contribution in [0.3, 0.4) is 0 Å². The number of hydrogen-bond donors (Lipinski definition) is 1. The first-order valence-corrected chi connectivity index (χ1v) is 9.51. The smallest absolute Gasteiger partial charge is 0.123 e. The molecule has 4 rings (SSSR count). The Morgan fingerprint density at radius 3 is 2.31 bits per heavy atom. The molecule has 0 fully saturated rings. The third-order valence-corrected chi connectivity index (χ3v) is 5.39. The maximum atomic E-state index is 13.1. The molecule has 4 aromatic rings. The van der Waals surface area contributed by atoms with Crippen LogP contribution in [0.2, 0.25) is 0 Å². The SMILES string of the molecule is Cc1ccc(Cn2c(C)c(C)c3ccnc(CNc4ccc(F)cc4)c32)cc1.Cl. The van der Waals surface area contributed by atoms with Gasteiger partial charge in [-0.3, -0.25) is 4.98 Å². The maximum Gasteiger partial charge on any atom is 0.123 e. The Hall–Kier alpha value is -2.85. The minimum Gasteiger partial charge on any atom is -0.379 e. The average Bonchev–Trinajstić information content (AvgIpc) is 2.95. The van der Waals surface area contributed by atoms with Gasteiger partial charge >= 0.3 is 0 Å². The van der Waals surface area contributed by atoms with Crippen molar-refractivity contribution < 1.29 is 4.39 Å². The molecule has 0 saturated heterocycles. The number of halogens is 2. The van der Waals surface area contributed by atoms with E-state index in [1.807, 2.05) is 6.20 Å². The molecule has 0 radical (unpaired) electrons. The molecule has 1 N–H and O–H groups in total. The zero-order chi connectivity index (χ0) is 19.7. The lowest BCUT2D eigenvalue weighted by atomic mass is 10.1. The predicted molar refractivity (Wildman–Crippen MR) is 120 cm³/mol. The minimum atomic E-state index is -0.232. The highest BCUT2D eigenvalue weighted by Crippen LogP contribution is 2.28. The number of nitrogens with zero attached hydrogens (tertiary/aromatic N) is 2. The number of fused-ring (bicyclic) bond motifs is 1. The van der Waals surface area contributed by atoms with E-state index in [1.165, 1.54) is 39.9 Å². The van der Waals surface area contributed by atoms with Gasteiger partial charge in [-0.1, -0.05) is 29.8 Å². The van der Waals surface area contributed by atoms with Crippen molar-refractivity contribution >= 4 is 29.0 Å². The normalized spacial score (nSPS) is 10.8. The molecule has 0 aliphatic heterocycles. The van der Waals surface area contributed by atoms with Crippen LogP contribution >= 0.6 is 12.4 Å². The number of aromatic nitrogens is 2. The van der Waals surface area contributed by atoms with Gasteiger partial charge in [-0.15, -0.1) is 12.4 Å². The summed E-state index contributed by atoms with van der Waals surface area (Å²) in [6.07, 6.45) is 1.87. The number of nitrogens with one attached hydrogen (secondary N) is 1. The molecule has 29 heavy (non-hydrogen) atoms. The average molecular weight is 410 g/mol. The summed E-state index contributed by atoms with van der Waals surface area (Å²) >= 11 is 0. The molecule has 0 amide bonds. The number of rotatable bonds is 5. The lowest BCUT2D eigenvalue weighted by Crippen LogP contribution is -2.07. The van der Waals surface area contributed by atoms with Gasteiger partial charge in [-0.2, -0.15) is 0 Å². The molecule has 5 heteroatoms. The minimum absolute atomic E-state index is 0. The van der Waals surface area contributed by atoms with E-state index in [-0.39, 0.29) is 18.2 Å². The summed E-state index contributed by atoms with van der Waals surface area (Å²) in [6, 6.07) is 17.2. The molecule has 2 heterocycles. The van der Waals surface area contributed by atoms with Crippen molar-refractivity contribution in [2.24, 2.45) is 0 Å². The number of hydrogen-bond acceptors (Lipinski definition) is 2. The summed E-state index contributed by atoms with van der Waals surface area (Å²) < 4.78 is 15.5. The molecule has 2 aromatic heterocycles. The molecule has 0 unspecified atom stereocenters. The predicted octanol–water partition coefficient (Wildman–Crippen LogP) is 6.18. The van der Waals surface area contributed by atoms with Crippen molar-refractivity contribution in [2.45, 2.75) is 33.9 Å². The van der Waals surface area contributed by atoms with Crippen LogP contribution < -0.4 is 5.32 Å². The van der Waals surface area contributed by atoms with Crippen molar-refractivity contribution in [3.05, 3.63) is 94.7 Å². The maximum absolute atomic E-state index is 13.1. The van der Waals surface area contributed by atoms with Crippen molar-refractivity contribution in [1.82, 2.24) is 9.55 Å². The number of anilines is 1. The fourth-order valence-corrected chi connectivity index (χ4v) is 3.62. The molecule has 0 saturated carbocycles. The van der Waals surface area contributed by atoms with Crippen molar-refractivity contribution in [3.63, 3.8) is 0 Å². The van der Waals surface area contributed by atoms with Gasteiger partial charge in [0, 0.05) is 29.5 Å². The number of pyridine rings is 1. The standard InChI is InChI=1S/C24H24FN3.ClH/c1-16-4-6-19(7-5-16)15-28-18(3)17(2)22-12-13-26-23(24(22)28)14-27-21-10-8-20(25)9-11-21;/h4-13,27H,14-15H2,1-3H3;1H. The second kappa shape index (κ2) is 8.66. The molecule has 0 aliphatic carbocycles. The molecule has 0 atom stereocenters. The van der Waals surface area contributed by atoms with Gasteiger partial charge in [-0.05, 0) is 62.2 Å². The van der Waals surface area contributed by atoms with Gasteiger partial charge in [0.2, 0.25) is 0 Å². The lowest BCUT2D eigenvalue weighted by Gasteiger charge is -2.13. The molecule has 0 aliphatic rings. The Bertz CT molecular complexity index is 1120. The van der Waals surface area contributed by atoms with E-state index in [0.29, 0.717) is 6.54 Å². The largest absolute Gasteiger partial charge is 0.379 e. The van der Waals surface area contributed by atoms with Gasteiger partial charge in [0.1, 0.15) is 5.82 Å². The highest BCUT2D eigenvalue weighted by atomic mass is 35.5. The van der Waals surface area contributed by atoms with E-state index in [9.17, 15) is 4.39 Å². The van der Waals surface area contributed by atoms with Crippen molar-refractivity contribution in [3.8, 4) is 0 Å². The van der Waals surface area contributed by atoms with Crippen LogP contribution in [0.25, 0.3) is 10.9 Å². The first kappa shape index (κ1) is 20.9. The zero-order valence-electron chi connectivity index (χ0n) is 16.9. The Morgan fingerprint density at radius 1 is 0.931 bits per heavy atom. The topological polar surface area (TPSA) is 29.9 Å². The fraction of sp³-hybridized carbons (Fsp3) is 0.208. The van der Waals surface area contributed by atoms with Gasteiger partial charge in [0.25, 0.3) is 0 Å². The highest BCUT2D eigenvalue weighted by Gasteiger charge is 2.15. The second-order valence-corrected chi connectivity index (χ2v) is 7.30. The number of aryl methyl sites for hydroxylation is 2. The van der Waals surface area contributed by atoms with Crippen molar-refractivity contribution in [2.75, 3.05) is 5.32 Å². The highest BCUT2D eigenvalue weighted by molar-refractivity contribution is 5.87. The van der Waals surface area contributed by atoms with Crippen LogP contribution in [0.5, 0.6) is 0 Å². The summed E-state index contributed by atoms with van der Waals surface area (Å²) in [5.74, 6) is -0.232. The summed E-state index contributed by atoms with van der Waals surface area (Å²) in [4.78, 5) is 4.65. The molecule has 0 bridgehead atoms. The van der Waals surface area contributed by atoms with E-state index < -0.39 is 0 Å². The van der Waals surface area contributed by atoms with Crippen LogP contribution in [0.1, 0.15) is 28.1 Å². The Balaban J connectivity index is 0.00000240. The molecular weight excluding hydrogens is 385 g/mol. The van der Waals surface area contributed by atoms with Gasteiger partial charge in [0.05, 0.1) is 17.8 Å². The third kappa shape index (κ3) is 4.28. The van der Waals surface area contributed by atoms with E-state index in [2.05, 4.69) is 66.0 Å². The van der Waals surface area contributed by atoms with Crippen LogP contribution in [-0.4, -0.2) is 9.55 Å². The van der Waals surface area contributed by atoms with Crippen molar-refractivity contribution in [1.29, 1.82) is 0 Å². The zero-order valence-corrected chi connectivity index (χ0v) is 17.7. The van der Waals surface area contributed by atoms with E-state index in [1.54, 1.807) is 12.1 Å². The van der Waals surface area contributed by atoms with Gasteiger partial charge < -0.3 is 9.88 Å². The van der Waals surface area contributed by atoms with E-state index in [0.717, 1.165) is 23.4 Å². The molecular formula is C24H25ClFN3. The van der Waals surface area contributed by atoms with Crippen LogP contribution in [0.15, 0.2) is 60.8 Å². The lowest BCUT2D eigenvalue weighted by molar-refractivity contribution is 0.628. The molecule has 150 valence electrons. The third-order valence-electron chi connectivity index (χ3n) is 5.39. The van der Waals surface area contributed by atoms with E-state index >= 15 is 0 Å². The first-order valence-electron chi connectivity index (χ1n) is 9.51. The quantitative estimate of drug-likeness (QED) is 0.426. The Labute approximate surface area is 177 Å². The van der Waals surface area contributed by atoms with E-state index in [4.69, 9.17) is 0 Å². The number of benzene rings is 2. The molecule has 2 aromatic carbocycles. The summed E-state index contributed by atoms with van der Waals surface area (Å²) in [5, 5.41) is 4.60. The van der Waals surface area contributed by atoms with Gasteiger partial charge in [-0.25, -0.2) is 4.39 Å². The Kier molecular flexibility index (Phi) is 6.23. The fourth-order valence-electron chi connectivity index (χ4n) is 3.62. The summed E-state index contributed by atoms with van der Waals surface area (Å²) in [7, 11) is 0. The van der Waals surface area contributed by atoms with Crippen LogP contribution in [0.4, 0.5) is 10.1 Å².